The third kappa shape index (κ3) is 6.02. The average molecular weight is 540 g/mol. The summed E-state index contributed by atoms with van der Waals surface area (Å²) in [6.07, 6.45) is 2.25. The van der Waals surface area contributed by atoms with E-state index < -0.39 is 34.8 Å². The van der Waals surface area contributed by atoms with E-state index in [0.717, 1.165) is 0 Å². The lowest BCUT2D eigenvalue weighted by Gasteiger charge is -2.41. The fourth-order valence-corrected chi connectivity index (χ4v) is 6.88. The van der Waals surface area contributed by atoms with Crippen LogP contribution in [0.3, 0.4) is 0 Å². The molecule has 4 rings (SSSR count). The van der Waals surface area contributed by atoms with E-state index in [0.29, 0.717) is 44.3 Å². The molecule has 0 bridgehead atoms. The van der Waals surface area contributed by atoms with Crippen molar-refractivity contribution in [3.63, 3.8) is 0 Å². The molecule has 1 aromatic carbocycles. The Hall–Kier alpha value is -2.82. The van der Waals surface area contributed by atoms with Crippen molar-refractivity contribution in [2.24, 2.45) is 11.8 Å². The van der Waals surface area contributed by atoms with Gasteiger partial charge >= 0.3 is 6.61 Å². The van der Waals surface area contributed by atoms with E-state index in [1.54, 1.807) is 24.0 Å². The summed E-state index contributed by atoms with van der Waals surface area (Å²) in [6.45, 7) is -0.0176. The number of carbonyl (C=O) groups is 2. The molecule has 3 atom stereocenters. The molecule has 1 N–H and O–H groups in total. The normalized spacial score (nSPS) is 24.4. The molecule has 0 radical (unpaired) electrons. The van der Waals surface area contributed by atoms with Crippen molar-refractivity contribution >= 4 is 22.0 Å². The summed E-state index contributed by atoms with van der Waals surface area (Å²) in [7, 11) is -3.73. The van der Waals surface area contributed by atoms with Crippen molar-refractivity contribution in [2.75, 3.05) is 32.7 Å². The minimum Gasteiger partial charge on any atom is -0.435 e. The number of hydrogen-bond donors (Lipinski definition) is 1. The molecule has 10 nitrogen and oxygen atoms in total. The molecule has 0 aromatic heterocycles. The number of ether oxygens (including phenoxy) is 1. The van der Waals surface area contributed by atoms with Crippen molar-refractivity contribution in [1.29, 1.82) is 5.26 Å². The molecule has 2 amide bonds. The second-order valence-electron chi connectivity index (χ2n) is 9.72. The predicted octanol–water partition coefficient (Wildman–Crippen LogP) is 1.87. The zero-order valence-corrected chi connectivity index (χ0v) is 21.4. The van der Waals surface area contributed by atoms with Gasteiger partial charge in [-0.2, -0.15) is 31.1 Å². The number of hydrogen-bond acceptors (Lipinski definition) is 6. The highest BCUT2D eigenvalue weighted by Crippen LogP contribution is 2.29. The van der Waals surface area contributed by atoms with Crippen LogP contribution >= 0.6 is 0 Å². The molecule has 0 aliphatic carbocycles. The van der Waals surface area contributed by atoms with E-state index in [-0.39, 0.29) is 43.1 Å². The highest BCUT2D eigenvalue weighted by molar-refractivity contribution is 7.86. The highest BCUT2D eigenvalue weighted by Gasteiger charge is 2.44. The third-order valence-corrected chi connectivity index (χ3v) is 9.15. The Balaban J connectivity index is 1.35. The number of benzene rings is 1. The molecule has 0 saturated carbocycles. The van der Waals surface area contributed by atoms with E-state index >= 15 is 0 Å². The number of piperidine rings is 1. The first-order valence-corrected chi connectivity index (χ1v) is 13.8. The molecule has 1 unspecified atom stereocenters. The first-order chi connectivity index (χ1) is 17.6. The van der Waals surface area contributed by atoms with E-state index in [1.807, 2.05) is 0 Å². The SMILES string of the molecule is CC(NC(=O)[C@H]1CCCN1C(=O)[C@H]1CCCN(S(=O)(=O)N2CC(C#N)C2)C1)c1ccc(OC(F)F)cc1. The number of carbonyl (C=O) groups excluding carboxylic acids is 2. The second-order valence-corrected chi connectivity index (χ2v) is 11.6. The third-order valence-electron chi connectivity index (χ3n) is 7.22. The van der Waals surface area contributed by atoms with Crippen LogP contribution in [0.15, 0.2) is 24.3 Å². The van der Waals surface area contributed by atoms with Crippen LogP contribution < -0.4 is 10.1 Å². The van der Waals surface area contributed by atoms with Crippen molar-refractivity contribution in [3.8, 4) is 11.8 Å². The predicted molar refractivity (Wildman–Crippen MR) is 128 cm³/mol. The first kappa shape index (κ1) is 27.2. The lowest BCUT2D eigenvalue weighted by Crippen LogP contribution is -2.57. The van der Waals surface area contributed by atoms with Crippen molar-refractivity contribution < 1.29 is 31.5 Å². The Morgan fingerprint density at radius 2 is 1.76 bits per heavy atom. The summed E-state index contributed by atoms with van der Waals surface area (Å²) in [5, 5.41) is 11.8. The summed E-state index contributed by atoms with van der Waals surface area (Å²) >= 11 is 0. The smallest absolute Gasteiger partial charge is 0.387 e. The Labute approximate surface area is 215 Å². The number of rotatable bonds is 8. The number of nitriles is 1. The van der Waals surface area contributed by atoms with E-state index in [1.165, 1.54) is 20.7 Å². The van der Waals surface area contributed by atoms with Crippen molar-refractivity contribution in [3.05, 3.63) is 29.8 Å². The van der Waals surface area contributed by atoms with Crippen LogP contribution in [0.4, 0.5) is 8.78 Å². The molecule has 13 heteroatoms. The Morgan fingerprint density at radius 3 is 2.41 bits per heavy atom. The maximum Gasteiger partial charge on any atom is 0.387 e. The topological polar surface area (TPSA) is 123 Å². The summed E-state index contributed by atoms with van der Waals surface area (Å²) in [4.78, 5) is 28.1. The van der Waals surface area contributed by atoms with Gasteiger partial charge in [0, 0.05) is 32.7 Å². The number of nitrogens with one attached hydrogen (secondary N) is 1. The lowest BCUT2D eigenvalue weighted by atomic mass is 9.97. The van der Waals surface area contributed by atoms with Crippen LogP contribution in [0, 0.1) is 23.2 Å². The molecule has 3 fully saturated rings. The molecular formula is C24H31F2N5O5S. The second kappa shape index (κ2) is 11.3. The minimum absolute atomic E-state index is 0.0207. The van der Waals surface area contributed by atoms with Gasteiger partial charge in [0.2, 0.25) is 11.8 Å². The molecule has 202 valence electrons. The van der Waals surface area contributed by atoms with Gasteiger partial charge in [-0.1, -0.05) is 12.1 Å². The van der Waals surface area contributed by atoms with Crippen LogP contribution in [0.1, 0.15) is 44.2 Å². The fraction of sp³-hybridized carbons (Fsp3) is 0.625. The van der Waals surface area contributed by atoms with E-state index in [2.05, 4.69) is 16.1 Å². The summed E-state index contributed by atoms with van der Waals surface area (Å²) in [5.41, 5.74) is 0.698. The van der Waals surface area contributed by atoms with Gasteiger partial charge in [-0.3, -0.25) is 9.59 Å². The van der Waals surface area contributed by atoms with Crippen molar-refractivity contribution in [1.82, 2.24) is 18.8 Å². The van der Waals surface area contributed by atoms with Crippen LogP contribution in [0.2, 0.25) is 0 Å². The zero-order valence-electron chi connectivity index (χ0n) is 20.6. The van der Waals surface area contributed by atoms with Gasteiger partial charge in [0.15, 0.2) is 0 Å². The largest absolute Gasteiger partial charge is 0.435 e. The van der Waals surface area contributed by atoms with Gasteiger partial charge < -0.3 is 15.0 Å². The molecule has 37 heavy (non-hydrogen) atoms. The standard InChI is InChI=1S/C24H31F2N5O5S/c1-16(18-6-8-20(9-7-18)36-24(25)26)28-22(32)21-5-3-11-31(21)23(33)19-4-2-10-29(15-19)37(34,35)30-13-17(12-27)14-30/h6-9,16-17,19,21,24H,2-5,10-11,13-15H2,1H3,(H,28,32)/t16?,19-,21+/m0/s1. The van der Waals surface area contributed by atoms with Crippen LogP contribution in [0.5, 0.6) is 5.75 Å². The van der Waals surface area contributed by atoms with Gasteiger partial charge in [-0.25, -0.2) is 0 Å². The van der Waals surface area contributed by atoms with Gasteiger partial charge in [-0.05, 0) is 50.3 Å². The molecule has 3 heterocycles. The Morgan fingerprint density at radius 1 is 1.08 bits per heavy atom. The van der Waals surface area contributed by atoms with E-state index in [4.69, 9.17) is 5.26 Å². The Kier molecular flexibility index (Phi) is 8.30. The van der Waals surface area contributed by atoms with Crippen molar-refractivity contribution in [2.45, 2.75) is 51.3 Å². The maximum atomic E-state index is 13.4. The monoisotopic (exact) mass is 539 g/mol. The molecule has 1 aromatic rings. The average Bonchev–Trinajstić information content (AvgIpc) is 3.33. The van der Waals surface area contributed by atoms with Crippen LogP contribution in [-0.2, 0) is 19.8 Å². The van der Waals surface area contributed by atoms with Gasteiger partial charge in [0.1, 0.15) is 11.8 Å². The molecule has 3 aliphatic heterocycles. The number of nitrogens with zero attached hydrogens (tertiary/aromatic N) is 4. The number of halogens is 2. The summed E-state index contributed by atoms with van der Waals surface area (Å²) in [5.74, 6) is -1.35. The maximum absolute atomic E-state index is 13.4. The number of alkyl halides is 2. The summed E-state index contributed by atoms with van der Waals surface area (Å²) in [6, 6.07) is 6.97. The van der Waals surface area contributed by atoms with Crippen LogP contribution in [-0.4, -0.2) is 79.1 Å². The molecule has 3 saturated heterocycles. The molecular weight excluding hydrogens is 508 g/mol. The summed E-state index contributed by atoms with van der Waals surface area (Å²) < 4.78 is 57.5. The zero-order chi connectivity index (χ0) is 26.7. The van der Waals surface area contributed by atoms with Gasteiger partial charge in [0.25, 0.3) is 10.2 Å². The number of likely N-dealkylation sites (tertiary alicyclic amines) is 1. The first-order valence-electron chi connectivity index (χ1n) is 12.4. The van der Waals surface area contributed by atoms with Gasteiger partial charge in [0.05, 0.1) is 23.9 Å². The van der Waals surface area contributed by atoms with Gasteiger partial charge in [-0.15, -0.1) is 0 Å². The van der Waals surface area contributed by atoms with E-state index in [9.17, 15) is 26.8 Å². The molecule has 3 aliphatic rings. The fourth-order valence-electron chi connectivity index (χ4n) is 5.09. The highest BCUT2D eigenvalue weighted by atomic mass is 32.2. The Bertz CT molecular complexity index is 1140. The van der Waals surface area contributed by atoms with Crippen LogP contribution in [0.25, 0.3) is 0 Å². The minimum atomic E-state index is -3.73. The quantitative estimate of drug-likeness (QED) is 0.538. The molecule has 0 spiro atoms. The number of amides is 2. The lowest BCUT2D eigenvalue weighted by molar-refractivity contribution is -0.142.